The SMILES string of the molecule is C=C/C(C)=C(/C(=C)CCCC)N(/C=C(\C)C(=C)NCc1ccc(F)cc1F)CCNC. The van der Waals surface area contributed by atoms with Crippen LogP contribution < -0.4 is 10.6 Å². The molecule has 0 aliphatic heterocycles. The fourth-order valence-corrected chi connectivity index (χ4v) is 3.10. The average molecular weight is 430 g/mol. The number of allylic oxidation sites excluding steroid dienone is 4. The molecule has 0 spiro atoms. The van der Waals surface area contributed by atoms with Crippen molar-refractivity contribution in [3.63, 3.8) is 0 Å². The lowest BCUT2D eigenvalue weighted by Crippen LogP contribution is -2.28. The van der Waals surface area contributed by atoms with E-state index in [1.165, 1.54) is 12.1 Å². The maximum Gasteiger partial charge on any atom is 0.131 e. The summed E-state index contributed by atoms with van der Waals surface area (Å²) in [6.07, 6.45) is 6.99. The summed E-state index contributed by atoms with van der Waals surface area (Å²) in [4.78, 5) is 2.17. The number of benzene rings is 1. The number of likely N-dealkylation sites (N-methyl/N-ethyl adjacent to an activating group) is 1. The number of unbranched alkanes of at least 4 members (excludes halogenated alkanes) is 1. The van der Waals surface area contributed by atoms with E-state index in [1.54, 1.807) is 0 Å². The van der Waals surface area contributed by atoms with Crippen LogP contribution in [0.1, 0.15) is 45.6 Å². The molecule has 0 heterocycles. The van der Waals surface area contributed by atoms with Crippen LogP contribution >= 0.6 is 0 Å². The zero-order valence-electron chi connectivity index (χ0n) is 19.5. The van der Waals surface area contributed by atoms with Crippen LogP contribution in [0.4, 0.5) is 8.78 Å². The van der Waals surface area contributed by atoms with E-state index in [1.807, 2.05) is 33.2 Å². The Bertz CT molecular complexity index is 837. The molecule has 31 heavy (non-hydrogen) atoms. The van der Waals surface area contributed by atoms with Crippen molar-refractivity contribution in [1.29, 1.82) is 0 Å². The molecule has 0 saturated heterocycles. The van der Waals surface area contributed by atoms with Crippen molar-refractivity contribution in [3.05, 3.63) is 95.5 Å². The highest BCUT2D eigenvalue weighted by Gasteiger charge is 2.14. The molecular weight excluding hydrogens is 392 g/mol. The minimum atomic E-state index is -0.587. The van der Waals surface area contributed by atoms with Crippen molar-refractivity contribution in [2.24, 2.45) is 0 Å². The third-order valence-electron chi connectivity index (χ3n) is 5.07. The Morgan fingerprint density at radius 2 is 1.90 bits per heavy atom. The summed E-state index contributed by atoms with van der Waals surface area (Å²) in [5.41, 5.74) is 5.18. The van der Waals surface area contributed by atoms with Gasteiger partial charge in [-0.05, 0) is 56.5 Å². The average Bonchev–Trinajstić information content (AvgIpc) is 2.74. The number of halogens is 2. The zero-order valence-corrected chi connectivity index (χ0v) is 19.5. The van der Waals surface area contributed by atoms with Gasteiger partial charge in [0.15, 0.2) is 0 Å². The minimum absolute atomic E-state index is 0.226. The van der Waals surface area contributed by atoms with Crippen LogP contribution in [0, 0.1) is 11.6 Å². The third-order valence-corrected chi connectivity index (χ3v) is 5.07. The lowest BCUT2D eigenvalue weighted by molar-refractivity contribution is 0.454. The molecule has 0 amide bonds. The maximum absolute atomic E-state index is 13.9. The predicted molar refractivity (Wildman–Crippen MR) is 128 cm³/mol. The summed E-state index contributed by atoms with van der Waals surface area (Å²) in [7, 11) is 1.92. The second-order valence-corrected chi connectivity index (χ2v) is 7.62. The first kappa shape index (κ1) is 26.4. The van der Waals surface area contributed by atoms with Gasteiger partial charge in [0, 0.05) is 48.9 Å². The van der Waals surface area contributed by atoms with E-state index >= 15 is 0 Å². The molecule has 0 unspecified atom stereocenters. The van der Waals surface area contributed by atoms with Crippen LogP contribution in [0.25, 0.3) is 0 Å². The standard InChI is InChI=1S/C26H37F2N3/c1-8-10-11-20(4)26(19(3)9-2)31(15-14-29-7)18-21(5)22(6)30-17-23-12-13-24(27)16-25(23)28/h9,12-13,16,18,29-30H,2,4,6,8,10-11,14-15,17H2,1,3,5,7H3/b21-18+,26-19-. The van der Waals surface area contributed by atoms with Crippen LogP contribution in [0.15, 0.2) is 78.3 Å². The van der Waals surface area contributed by atoms with Gasteiger partial charge in [0.1, 0.15) is 11.6 Å². The minimum Gasteiger partial charge on any atom is -0.381 e. The van der Waals surface area contributed by atoms with E-state index in [9.17, 15) is 8.78 Å². The van der Waals surface area contributed by atoms with Gasteiger partial charge in [0.2, 0.25) is 0 Å². The molecule has 0 saturated carbocycles. The Balaban J connectivity index is 3.08. The molecule has 0 radical (unpaired) electrons. The molecule has 2 N–H and O–H groups in total. The fourth-order valence-electron chi connectivity index (χ4n) is 3.10. The molecule has 1 aromatic carbocycles. The smallest absolute Gasteiger partial charge is 0.131 e. The highest BCUT2D eigenvalue weighted by atomic mass is 19.1. The van der Waals surface area contributed by atoms with Crippen LogP contribution in [-0.2, 0) is 6.54 Å². The molecule has 5 heteroatoms. The number of hydrogen-bond acceptors (Lipinski definition) is 3. The van der Waals surface area contributed by atoms with E-state index in [4.69, 9.17) is 0 Å². The van der Waals surface area contributed by atoms with Gasteiger partial charge in [-0.25, -0.2) is 8.78 Å². The summed E-state index contributed by atoms with van der Waals surface area (Å²) in [5.74, 6) is -1.16. The van der Waals surface area contributed by atoms with Crippen molar-refractivity contribution in [1.82, 2.24) is 15.5 Å². The Morgan fingerprint density at radius 3 is 2.48 bits per heavy atom. The predicted octanol–water partition coefficient (Wildman–Crippen LogP) is 6.20. The summed E-state index contributed by atoms with van der Waals surface area (Å²) in [6, 6.07) is 3.58. The summed E-state index contributed by atoms with van der Waals surface area (Å²) >= 11 is 0. The Morgan fingerprint density at radius 1 is 1.19 bits per heavy atom. The topological polar surface area (TPSA) is 27.3 Å². The van der Waals surface area contributed by atoms with Gasteiger partial charge >= 0.3 is 0 Å². The number of hydrogen-bond donors (Lipinski definition) is 2. The largest absolute Gasteiger partial charge is 0.381 e. The van der Waals surface area contributed by atoms with Crippen LogP contribution in [0.2, 0.25) is 0 Å². The lowest BCUT2D eigenvalue weighted by Gasteiger charge is -2.28. The van der Waals surface area contributed by atoms with E-state index in [2.05, 4.69) is 42.2 Å². The maximum atomic E-state index is 13.9. The molecule has 0 aromatic heterocycles. The first-order chi connectivity index (χ1) is 14.7. The number of rotatable bonds is 14. The summed E-state index contributed by atoms with van der Waals surface area (Å²) in [5, 5.41) is 6.33. The molecule has 0 aliphatic rings. The second kappa shape index (κ2) is 13.6. The van der Waals surface area contributed by atoms with E-state index in [-0.39, 0.29) is 6.54 Å². The van der Waals surface area contributed by atoms with Crippen molar-refractivity contribution in [2.45, 2.75) is 46.6 Å². The molecule has 0 aliphatic carbocycles. The molecular formula is C26H37F2N3. The molecule has 0 bridgehead atoms. The monoisotopic (exact) mass is 429 g/mol. The Kier molecular flexibility index (Phi) is 11.6. The van der Waals surface area contributed by atoms with Gasteiger partial charge < -0.3 is 15.5 Å². The Labute approximate surface area is 186 Å². The van der Waals surface area contributed by atoms with Crippen LogP contribution in [0.5, 0.6) is 0 Å². The number of nitrogens with zero attached hydrogens (tertiary/aromatic N) is 1. The van der Waals surface area contributed by atoms with Gasteiger partial charge in [0.05, 0.1) is 0 Å². The third kappa shape index (κ3) is 8.54. The van der Waals surface area contributed by atoms with Crippen molar-refractivity contribution in [2.75, 3.05) is 20.1 Å². The molecule has 3 nitrogen and oxygen atoms in total. The Hall–Kier alpha value is -2.66. The van der Waals surface area contributed by atoms with Gasteiger partial charge in [-0.15, -0.1) is 0 Å². The first-order valence-corrected chi connectivity index (χ1v) is 10.7. The fraction of sp³-hybridized carbons (Fsp3) is 0.385. The lowest BCUT2D eigenvalue weighted by atomic mass is 10.0. The quantitative estimate of drug-likeness (QED) is 0.345. The molecule has 170 valence electrons. The second-order valence-electron chi connectivity index (χ2n) is 7.62. The van der Waals surface area contributed by atoms with Crippen LogP contribution in [0.3, 0.4) is 0 Å². The van der Waals surface area contributed by atoms with E-state index < -0.39 is 11.6 Å². The van der Waals surface area contributed by atoms with Gasteiger partial charge in [-0.1, -0.05) is 45.2 Å². The normalized spacial score (nSPS) is 12.3. The molecule has 1 aromatic rings. The van der Waals surface area contributed by atoms with E-state index in [0.717, 1.165) is 60.8 Å². The zero-order chi connectivity index (χ0) is 23.4. The first-order valence-electron chi connectivity index (χ1n) is 10.7. The van der Waals surface area contributed by atoms with E-state index in [0.29, 0.717) is 11.3 Å². The summed E-state index contributed by atoms with van der Waals surface area (Å²) in [6.45, 7) is 20.3. The van der Waals surface area contributed by atoms with Gasteiger partial charge in [-0.2, -0.15) is 0 Å². The highest BCUT2D eigenvalue weighted by molar-refractivity contribution is 5.39. The number of nitrogens with one attached hydrogen (secondary N) is 2. The molecule has 1 rings (SSSR count). The highest BCUT2D eigenvalue weighted by Crippen LogP contribution is 2.25. The van der Waals surface area contributed by atoms with Crippen molar-refractivity contribution < 1.29 is 8.78 Å². The van der Waals surface area contributed by atoms with Crippen LogP contribution in [-0.4, -0.2) is 25.0 Å². The molecule has 0 fully saturated rings. The van der Waals surface area contributed by atoms with Crippen molar-refractivity contribution in [3.8, 4) is 0 Å². The van der Waals surface area contributed by atoms with Gasteiger partial charge in [0.25, 0.3) is 0 Å². The molecule has 0 atom stereocenters. The van der Waals surface area contributed by atoms with Crippen molar-refractivity contribution >= 4 is 0 Å². The summed E-state index contributed by atoms with van der Waals surface area (Å²) < 4.78 is 27.0. The van der Waals surface area contributed by atoms with Gasteiger partial charge in [-0.3, -0.25) is 0 Å².